The largest absolute Gasteiger partial charge is 0.326 e. The summed E-state index contributed by atoms with van der Waals surface area (Å²) in [6, 6.07) is 6.63. The van der Waals surface area contributed by atoms with Crippen LogP contribution in [0.4, 0.5) is 10.5 Å². The van der Waals surface area contributed by atoms with E-state index in [0.717, 1.165) is 24.9 Å². The molecule has 0 aromatic heterocycles. The van der Waals surface area contributed by atoms with Crippen LogP contribution < -0.4 is 4.90 Å². The van der Waals surface area contributed by atoms with Gasteiger partial charge >= 0.3 is 6.03 Å². The molecule has 1 aliphatic rings. The fourth-order valence-corrected chi connectivity index (χ4v) is 3.61. The van der Waals surface area contributed by atoms with Crippen LogP contribution in [0.15, 0.2) is 24.3 Å². The number of likely N-dealkylation sites (N-methyl/N-ethyl adjacent to an activating group) is 1. The quantitative estimate of drug-likeness (QED) is 0.724. The Labute approximate surface area is 161 Å². The molecule has 1 fully saturated rings. The number of urea groups is 1. The van der Waals surface area contributed by atoms with Crippen LogP contribution in [0.5, 0.6) is 0 Å². The first-order valence-electron chi connectivity index (χ1n) is 9.36. The highest BCUT2D eigenvalue weighted by Crippen LogP contribution is 2.30. The molecule has 0 aliphatic carbocycles. The second-order valence-corrected chi connectivity index (χ2v) is 7.88. The molecule has 1 aromatic rings. The molecule has 2 unspecified atom stereocenters. The maximum atomic E-state index is 13.3. The first kappa shape index (κ1) is 20.6. The van der Waals surface area contributed by atoms with Gasteiger partial charge in [-0.3, -0.25) is 14.6 Å². The van der Waals surface area contributed by atoms with Crippen molar-refractivity contribution in [2.75, 3.05) is 19.0 Å². The van der Waals surface area contributed by atoms with E-state index in [2.05, 4.69) is 20.8 Å². The van der Waals surface area contributed by atoms with E-state index in [0.29, 0.717) is 17.4 Å². The second-order valence-electron chi connectivity index (χ2n) is 7.44. The van der Waals surface area contributed by atoms with E-state index < -0.39 is 6.04 Å². The minimum atomic E-state index is -0.399. The Bertz CT molecular complexity index is 632. The number of rotatable bonds is 6. The molecule has 1 saturated heterocycles. The van der Waals surface area contributed by atoms with Gasteiger partial charge in [-0.25, -0.2) is 4.79 Å². The number of hydrogen-bond donors (Lipinski definition) is 0. The average Bonchev–Trinajstić information content (AvgIpc) is 2.83. The van der Waals surface area contributed by atoms with Crippen LogP contribution in [0.25, 0.3) is 0 Å². The Hall–Kier alpha value is -1.75. The summed E-state index contributed by atoms with van der Waals surface area (Å²) < 4.78 is 0. The van der Waals surface area contributed by atoms with Crippen molar-refractivity contribution >= 4 is 29.2 Å². The van der Waals surface area contributed by atoms with Gasteiger partial charge in [0.2, 0.25) is 5.91 Å². The molecule has 0 bridgehead atoms. The van der Waals surface area contributed by atoms with Gasteiger partial charge < -0.3 is 4.90 Å². The standard InChI is InChI=1S/C20H30ClN3O2/c1-6-7-8-18-23(5)19(25)17(13-14(2)3)24(18)20(26)22(4)16-11-9-15(21)10-12-16/h9-12,14,17-18H,6-8,13H2,1-5H3. The molecule has 2 rings (SSSR count). The number of benzene rings is 1. The van der Waals surface area contributed by atoms with Crippen LogP contribution in [-0.2, 0) is 4.79 Å². The number of anilines is 1. The van der Waals surface area contributed by atoms with E-state index in [4.69, 9.17) is 11.6 Å². The van der Waals surface area contributed by atoms with Gasteiger partial charge in [-0.1, -0.05) is 38.8 Å². The molecule has 0 N–H and O–H groups in total. The molecule has 0 radical (unpaired) electrons. The SMILES string of the molecule is CCCCC1N(C)C(=O)C(CC(C)C)N1C(=O)N(C)c1ccc(Cl)cc1. The first-order chi connectivity index (χ1) is 12.3. The number of amides is 3. The zero-order valence-corrected chi connectivity index (χ0v) is 17.2. The van der Waals surface area contributed by atoms with E-state index in [1.807, 2.05) is 19.2 Å². The second kappa shape index (κ2) is 8.76. The molecule has 6 heteroatoms. The molecule has 2 atom stereocenters. The normalized spacial score (nSPS) is 20.2. The van der Waals surface area contributed by atoms with Crippen molar-refractivity contribution in [2.45, 2.75) is 58.7 Å². The summed E-state index contributed by atoms with van der Waals surface area (Å²) in [5.74, 6) is 0.371. The number of hydrogen-bond acceptors (Lipinski definition) is 2. The van der Waals surface area contributed by atoms with Gasteiger partial charge in [0.25, 0.3) is 0 Å². The molecule has 3 amide bonds. The van der Waals surface area contributed by atoms with Gasteiger partial charge in [-0.2, -0.15) is 0 Å². The Morgan fingerprint density at radius 2 is 1.88 bits per heavy atom. The maximum absolute atomic E-state index is 13.3. The Kier molecular flexibility index (Phi) is 6.93. The van der Waals surface area contributed by atoms with E-state index >= 15 is 0 Å². The van der Waals surface area contributed by atoms with Crippen LogP contribution in [-0.4, -0.2) is 48.0 Å². The monoisotopic (exact) mass is 379 g/mol. The van der Waals surface area contributed by atoms with Gasteiger partial charge in [0, 0.05) is 24.8 Å². The lowest BCUT2D eigenvalue weighted by Gasteiger charge is -2.34. The minimum absolute atomic E-state index is 0.0395. The highest BCUT2D eigenvalue weighted by molar-refractivity contribution is 6.30. The third-order valence-corrected chi connectivity index (χ3v) is 5.22. The number of nitrogens with zero attached hydrogens (tertiary/aromatic N) is 3. The number of carbonyl (C=O) groups is 2. The lowest BCUT2D eigenvalue weighted by Crippen LogP contribution is -2.50. The topological polar surface area (TPSA) is 43.9 Å². The molecule has 0 spiro atoms. The van der Waals surface area contributed by atoms with Gasteiger partial charge in [-0.15, -0.1) is 0 Å². The molecular weight excluding hydrogens is 350 g/mol. The fourth-order valence-electron chi connectivity index (χ4n) is 3.48. The smallest absolute Gasteiger partial charge is 0.323 e. The third kappa shape index (κ3) is 4.32. The van der Waals surface area contributed by atoms with Crippen LogP contribution in [0, 0.1) is 5.92 Å². The molecule has 0 saturated carbocycles. The van der Waals surface area contributed by atoms with Crippen molar-refractivity contribution in [2.24, 2.45) is 5.92 Å². The first-order valence-corrected chi connectivity index (χ1v) is 9.74. The van der Waals surface area contributed by atoms with Gasteiger partial charge in [0.15, 0.2) is 0 Å². The molecular formula is C20H30ClN3O2. The van der Waals surface area contributed by atoms with Crippen molar-refractivity contribution in [3.63, 3.8) is 0 Å². The van der Waals surface area contributed by atoms with E-state index in [-0.39, 0.29) is 18.1 Å². The predicted molar refractivity (Wildman–Crippen MR) is 106 cm³/mol. The summed E-state index contributed by atoms with van der Waals surface area (Å²) >= 11 is 5.96. The predicted octanol–water partition coefficient (Wildman–Crippen LogP) is 4.60. The van der Waals surface area contributed by atoms with E-state index in [1.165, 1.54) is 0 Å². The van der Waals surface area contributed by atoms with Crippen molar-refractivity contribution < 1.29 is 9.59 Å². The van der Waals surface area contributed by atoms with Crippen LogP contribution >= 0.6 is 11.6 Å². The van der Waals surface area contributed by atoms with Crippen LogP contribution in [0.2, 0.25) is 5.02 Å². The zero-order chi connectivity index (χ0) is 19.4. The van der Waals surface area contributed by atoms with E-state index in [9.17, 15) is 9.59 Å². The molecule has 26 heavy (non-hydrogen) atoms. The highest BCUT2D eigenvalue weighted by Gasteiger charge is 2.47. The van der Waals surface area contributed by atoms with Crippen molar-refractivity contribution in [3.05, 3.63) is 29.3 Å². The molecule has 5 nitrogen and oxygen atoms in total. The average molecular weight is 380 g/mol. The Morgan fingerprint density at radius 3 is 2.42 bits per heavy atom. The lowest BCUT2D eigenvalue weighted by molar-refractivity contribution is -0.129. The lowest BCUT2D eigenvalue weighted by atomic mass is 10.0. The molecule has 1 heterocycles. The molecule has 1 aromatic carbocycles. The van der Waals surface area contributed by atoms with Crippen LogP contribution in [0.3, 0.4) is 0 Å². The summed E-state index contributed by atoms with van der Waals surface area (Å²) in [4.78, 5) is 31.3. The summed E-state index contributed by atoms with van der Waals surface area (Å²) in [5, 5.41) is 0.629. The van der Waals surface area contributed by atoms with Gasteiger partial charge in [0.05, 0.1) is 0 Å². The summed E-state index contributed by atoms with van der Waals surface area (Å²) in [7, 11) is 3.56. The Balaban J connectivity index is 2.32. The van der Waals surface area contributed by atoms with Crippen molar-refractivity contribution in [3.8, 4) is 0 Å². The van der Waals surface area contributed by atoms with Crippen molar-refractivity contribution in [1.29, 1.82) is 0 Å². The fraction of sp³-hybridized carbons (Fsp3) is 0.600. The summed E-state index contributed by atoms with van der Waals surface area (Å²) in [5.41, 5.74) is 0.763. The van der Waals surface area contributed by atoms with Crippen LogP contribution in [0.1, 0.15) is 46.5 Å². The van der Waals surface area contributed by atoms with E-state index in [1.54, 1.807) is 33.9 Å². The number of halogens is 1. The molecule has 1 aliphatic heterocycles. The molecule has 144 valence electrons. The minimum Gasteiger partial charge on any atom is -0.323 e. The summed E-state index contributed by atoms with van der Waals surface area (Å²) in [6.45, 7) is 6.28. The third-order valence-electron chi connectivity index (χ3n) is 4.97. The number of carbonyl (C=O) groups excluding carboxylic acids is 2. The summed E-state index contributed by atoms with van der Waals surface area (Å²) in [6.07, 6.45) is 3.29. The zero-order valence-electron chi connectivity index (χ0n) is 16.4. The number of unbranched alkanes of at least 4 members (excludes halogenated alkanes) is 1. The highest BCUT2D eigenvalue weighted by atomic mass is 35.5. The van der Waals surface area contributed by atoms with Gasteiger partial charge in [-0.05, 0) is 49.4 Å². The van der Waals surface area contributed by atoms with Gasteiger partial charge in [0.1, 0.15) is 12.2 Å². The van der Waals surface area contributed by atoms with Crippen molar-refractivity contribution in [1.82, 2.24) is 9.80 Å². The maximum Gasteiger partial charge on any atom is 0.326 e. The Morgan fingerprint density at radius 1 is 1.27 bits per heavy atom.